The summed E-state index contributed by atoms with van der Waals surface area (Å²) in [5, 5.41) is 6.74. The van der Waals surface area contributed by atoms with Crippen LogP contribution in [-0.4, -0.2) is 61.8 Å². The zero-order valence-electron chi connectivity index (χ0n) is 18.9. The molecule has 0 bridgehead atoms. The molecule has 1 aromatic carbocycles. The Morgan fingerprint density at radius 2 is 2.06 bits per heavy atom. The number of rotatable bonds is 9. The topological polar surface area (TPSA) is 71.0 Å². The van der Waals surface area contributed by atoms with Crippen molar-refractivity contribution in [1.82, 2.24) is 20.5 Å². The van der Waals surface area contributed by atoms with E-state index in [-0.39, 0.29) is 6.10 Å². The van der Waals surface area contributed by atoms with E-state index in [0.717, 1.165) is 49.9 Å². The first kappa shape index (κ1) is 23.0. The average Bonchev–Trinajstić information content (AvgIpc) is 2.79. The fourth-order valence-electron chi connectivity index (χ4n) is 3.57. The molecule has 0 saturated carbocycles. The number of benzene rings is 1. The lowest BCUT2D eigenvalue weighted by Crippen LogP contribution is -2.50. The maximum absolute atomic E-state index is 5.91. The summed E-state index contributed by atoms with van der Waals surface area (Å²) >= 11 is 0. The summed E-state index contributed by atoms with van der Waals surface area (Å²) in [6.07, 6.45) is 1.94. The van der Waals surface area contributed by atoms with Crippen molar-refractivity contribution < 1.29 is 9.47 Å². The van der Waals surface area contributed by atoms with Crippen LogP contribution < -0.4 is 15.4 Å². The van der Waals surface area contributed by atoms with Gasteiger partial charge in [-0.15, -0.1) is 0 Å². The van der Waals surface area contributed by atoms with Crippen molar-refractivity contribution in [1.29, 1.82) is 0 Å². The minimum Gasteiger partial charge on any atom is -0.473 e. The highest BCUT2D eigenvalue weighted by atomic mass is 16.5. The van der Waals surface area contributed by atoms with Crippen molar-refractivity contribution >= 4 is 5.96 Å². The molecule has 0 radical (unpaired) electrons. The standard InChI is InChI=1S/C24H35N5O2/c1-19(2)16-29-11-12-30-22(17-29)15-28-24(25-3)27-14-21-9-10-26-23(13-21)31-18-20-7-5-4-6-8-20/h4-10,13,19,22H,11-12,14-18H2,1-3H3,(H2,25,27,28). The summed E-state index contributed by atoms with van der Waals surface area (Å²) in [7, 11) is 1.78. The fraction of sp³-hybridized carbons (Fsp3) is 0.500. The van der Waals surface area contributed by atoms with Gasteiger partial charge in [-0.2, -0.15) is 0 Å². The predicted molar refractivity (Wildman–Crippen MR) is 124 cm³/mol. The molecule has 2 aromatic rings. The molecule has 2 heterocycles. The average molecular weight is 426 g/mol. The number of nitrogens with zero attached hydrogens (tertiary/aromatic N) is 3. The molecular formula is C24H35N5O2. The molecule has 1 aliphatic heterocycles. The van der Waals surface area contributed by atoms with E-state index in [4.69, 9.17) is 9.47 Å². The van der Waals surface area contributed by atoms with Crippen LogP contribution in [-0.2, 0) is 17.9 Å². The maximum atomic E-state index is 5.91. The summed E-state index contributed by atoms with van der Waals surface area (Å²) in [5.74, 6) is 2.04. The number of morpholine rings is 1. The summed E-state index contributed by atoms with van der Waals surface area (Å²) in [4.78, 5) is 11.1. The Kier molecular flexibility index (Phi) is 9.12. The lowest BCUT2D eigenvalue weighted by atomic mass is 10.2. The van der Waals surface area contributed by atoms with Crippen LogP contribution in [0.15, 0.2) is 53.7 Å². The van der Waals surface area contributed by atoms with E-state index in [2.05, 4.69) is 39.4 Å². The Morgan fingerprint density at radius 3 is 2.84 bits per heavy atom. The highest BCUT2D eigenvalue weighted by molar-refractivity contribution is 5.79. The van der Waals surface area contributed by atoms with Crippen molar-refractivity contribution in [3.05, 3.63) is 59.8 Å². The Hall–Kier alpha value is -2.64. The molecule has 1 unspecified atom stereocenters. The minimum atomic E-state index is 0.171. The Labute approximate surface area is 185 Å². The van der Waals surface area contributed by atoms with Gasteiger partial charge in [0.05, 0.1) is 12.7 Å². The largest absolute Gasteiger partial charge is 0.473 e. The zero-order valence-corrected chi connectivity index (χ0v) is 18.9. The van der Waals surface area contributed by atoms with Crippen LogP contribution in [0, 0.1) is 5.92 Å². The van der Waals surface area contributed by atoms with Gasteiger partial charge in [-0.25, -0.2) is 4.98 Å². The second kappa shape index (κ2) is 12.3. The molecular weight excluding hydrogens is 390 g/mol. The molecule has 1 aliphatic rings. The summed E-state index contributed by atoms with van der Waals surface area (Å²) in [6.45, 7) is 10.2. The molecule has 1 atom stereocenters. The van der Waals surface area contributed by atoms with Gasteiger partial charge in [-0.3, -0.25) is 9.89 Å². The lowest BCUT2D eigenvalue weighted by Gasteiger charge is -2.34. The van der Waals surface area contributed by atoms with Gasteiger partial charge in [-0.1, -0.05) is 44.2 Å². The molecule has 7 heteroatoms. The Balaban J connectivity index is 1.43. The molecule has 31 heavy (non-hydrogen) atoms. The fourth-order valence-corrected chi connectivity index (χ4v) is 3.57. The lowest BCUT2D eigenvalue weighted by molar-refractivity contribution is -0.0284. The highest BCUT2D eigenvalue weighted by Crippen LogP contribution is 2.12. The highest BCUT2D eigenvalue weighted by Gasteiger charge is 2.21. The Bertz CT molecular complexity index is 813. The summed E-state index contributed by atoms with van der Waals surface area (Å²) in [5.41, 5.74) is 2.20. The SMILES string of the molecule is CN=C(NCc1ccnc(OCc2ccccc2)c1)NCC1CN(CC(C)C)CCO1. The molecule has 3 rings (SSSR count). The zero-order chi connectivity index (χ0) is 21.9. The number of guanidine groups is 1. The molecule has 1 aromatic heterocycles. The van der Waals surface area contributed by atoms with Gasteiger partial charge >= 0.3 is 0 Å². The van der Waals surface area contributed by atoms with Gasteiger partial charge in [0.2, 0.25) is 5.88 Å². The van der Waals surface area contributed by atoms with Crippen LogP contribution in [0.1, 0.15) is 25.0 Å². The van der Waals surface area contributed by atoms with Crippen LogP contribution in [0.4, 0.5) is 0 Å². The second-order valence-corrected chi connectivity index (χ2v) is 8.23. The van der Waals surface area contributed by atoms with Gasteiger partial charge in [0.25, 0.3) is 0 Å². The minimum absolute atomic E-state index is 0.171. The van der Waals surface area contributed by atoms with Crippen molar-refractivity contribution in [3.8, 4) is 5.88 Å². The van der Waals surface area contributed by atoms with E-state index in [0.29, 0.717) is 24.9 Å². The third kappa shape index (κ3) is 8.19. The smallest absolute Gasteiger partial charge is 0.213 e. The van der Waals surface area contributed by atoms with E-state index < -0.39 is 0 Å². The van der Waals surface area contributed by atoms with Gasteiger partial charge in [-0.05, 0) is 23.1 Å². The van der Waals surface area contributed by atoms with E-state index in [1.165, 1.54) is 0 Å². The third-order valence-corrected chi connectivity index (χ3v) is 5.06. The summed E-state index contributed by atoms with van der Waals surface area (Å²) in [6, 6.07) is 14.0. The van der Waals surface area contributed by atoms with Crippen LogP contribution in [0.2, 0.25) is 0 Å². The van der Waals surface area contributed by atoms with Gasteiger partial charge in [0.1, 0.15) is 6.61 Å². The normalized spacial score (nSPS) is 17.5. The van der Waals surface area contributed by atoms with Crippen molar-refractivity contribution in [3.63, 3.8) is 0 Å². The number of aliphatic imine (C=N–C) groups is 1. The number of nitrogens with one attached hydrogen (secondary N) is 2. The first-order valence-electron chi connectivity index (χ1n) is 11.0. The van der Waals surface area contributed by atoms with Gasteiger partial charge < -0.3 is 20.1 Å². The molecule has 7 nitrogen and oxygen atoms in total. The van der Waals surface area contributed by atoms with E-state index in [1.807, 2.05) is 42.5 Å². The molecule has 0 aliphatic carbocycles. The monoisotopic (exact) mass is 425 g/mol. The van der Waals surface area contributed by atoms with E-state index in [9.17, 15) is 0 Å². The van der Waals surface area contributed by atoms with E-state index in [1.54, 1.807) is 13.2 Å². The quantitative estimate of drug-likeness (QED) is 0.476. The Morgan fingerprint density at radius 1 is 1.23 bits per heavy atom. The molecule has 0 spiro atoms. The van der Waals surface area contributed by atoms with Gasteiger partial charge in [0, 0.05) is 52.0 Å². The molecule has 2 N–H and O–H groups in total. The van der Waals surface area contributed by atoms with Crippen LogP contribution >= 0.6 is 0 Å². The third-order valence-electron chi connectivity index (χ3n) is 5.06. The molecule has 0 amide bonds. The van der Waals surface area contributed by atoms with Crippen molar-refractivity contribution in [2.24, 2.45) is 10.9 Å². The predicted octanol–water partition coefficient (Wildman–Crippen LogP) is 2.68. The van der Waals surface area contributed by atoms with Crippen LogP contribution in [0.25, 0.3) is 0 Å². The first-order valence-corrected chi connectivity index (χ1v) is 11.0. The van der Waals surface area contributed by atoms with E-state index >= 15 is 0 Å². The second-order valence-electron chi connectivity index (χ2n) is 8.23. The van der Waals surface area contributed by atoms with Crippen LogP contribution in [0.3, 0.4) is 0 Å². The first-order chi connectivity index (χ1) is 15.1. The molecule has 1 saturated heterocycles. The molecule has 168 valence electrons. The maximum Gasteiger partial charge on any atom is 0.213 e. The number of aromatic nitrogens is 1. The molecule has 1 fully saturated rings. The van der Waals surface area contributed by atoms with Crippen molar-refractivity contribution in [2.45, 2.75) is 33.1 Å². The summed E-state index contributed by atoms with van der Waals surface area (Å²) < 4.78 is 11.7. The number of hydrogen-bond acceptors (Lipinski definition) is 5. The van der Waals surface area contributed by atoms with Crippen LogP contribution in [0.5, 0.6) is 5.88 Å². The van der Waals surface area contributed by atoms with Crippen molar-refractivity contribution in [2.75, 3.05) is 39.8 Å². The number of pyridine rings is 1. The number of hydrogen-bond donors (Lipinski definition) is 2. The number of ether oxygens (including phenoxy) is 2. The van der Waals surface area contributed by atoms with Gasteiger partial charge in [0.15, 0.2) is 5.96 Å².